The topological polar surface area (TPSA) is 42.0 Å². The van der Waals surface area contributed by atoms with Crippen molar-refractivity contribution in [3.8, 4) is 9.88 Å². The van der Waals surface area contributed by atoms with E-state index in [9.17, 15) is 4.79 Å². The fourth-order valence-corrected chi connectivity index (χ4v) is 4.55. The number of aromatic nitrogens is 1. The molecule has 0 unspecified atom stereocenters. The summed E-state index contributed by atoms with van der Waals surface area (Å²) in [7, 11) is 0. The molecule has 3 nitrogen and oxygen atoms in total. The Labute approximate surface area is 143 Å². The first kappa shape index (κ1) is 14.6. The summed E-state index contributed by atoms with van der Waals surface area (Å²) >= 11 is 3.26. The normalized spacial score (nSPS) is 13.0. The molecule has 0 saturated carbocycles. The molecule has 1 amide bonds. The number of anilines is 1. The highest BCUT2D eigenvalue weighted by Crippen LogP contribution is 2.28. The summed E-state index contributed by atoms with van der Waals surface area (Å²) in [6, 6.07) is 10.3. The number of hydrogen-bond acceptors (Lipinski definition) is 4. The largest absolute Gasteiger partial charge is 0.326 e. The van der Waals surface area contributed by atoms with E-state index in [0.717, 1.165) is 34.1 Å². The van der Waals surface area contributed by atoms with Gasteiger partial charge in [-0.05, 0) is 54.0 Å². The summed E-state index contributed by atoms with van der Waals surface area (Å²) in [5, 5.41) is 7.99. The molecule has 0 spiro atoms. The van der Waals surface area contributed by atoms with E-state index in [1.807, 2.05) is 22.9 Å². The average Bonchev–Trinajstić information content (AvgIpc) is 3.27. The predicted octanol–water partition coefficient (Wildman–Crippen LogP) is 4.54. The lowest BCUT2D eigenvalue weighted by atomic mass is 10.1. The molecule has 0 radical (unpaired) electrons. The van der Waals surface area contributed by atoms with Crippen molar-refractivity contribution in [1.29, 1.82) is 0 Å². The van der Waals surface area contributed by atoms with Crippen molar-refractivity contribution >= 4 is 34.3 Å². The van der Waals surface area contributed by atoms with Gasteiger partial charge < -0.3 is 5.32 Å². The molecule has 1 aliphatic rings. The maximum Gasteiger partial charge on any atom is 0.230 e. The van der Waals surface area contributed by atoms with Crippen LogP contribution in [0.15, 0.2) is 41.1 Å². The second kappa shape index (κ2) is 6.26. The van der Waals surface area contributed by atoms with Crippen molar-refractivity contribution in [2.24, 2.45) is 0 Å². The number of aryl methyl sites for hydroxylation is 2. The number of carbonyl (C=O) groups is 1. The maximum absolute atomic E-state index is 12.2. The molecular weight excluding hydrogens is 324 g/mol. The second-order valence-electron chi connectivity index (χ2n) is 5.68. The lowest BCUT2D eigenvalue weighted by Gasteiger charge is -2.06. The van der Waals surface area contributed by atoms with Crippen LogP contribution < -0.4 is 5.32 Å². The van der Waals surface area contributed by atoms with Gasteiger partial charge in [-0.3, -0.25) is 4.79 Å². The first-order valence-corrected chi connectivity index (χ1v) is 9.44. The molecule has 0 bridgehead atoms. The van der Waals surface area contributed by atoms with Gasteiger partial charge >= 0.3 is 0 Å². The molecule has 116 valence electrons. The van der Waals surface area contributed by atoms with E-state index >= 15 is 0 Å². The Balaban J connectivity index is 1.42. The zero-order valence-corrected chi connectivity index (χ0v) is 14.2. The quantitative estimate of drug-likeness (QED) is 0.757. The van der Waals surface area contributed by atoms with Gasteiger partial charge in [-0.25, -0.2) is 4.98 Å². The highest BCUT2D eigenvalue weighted by molar-refractivity contribution is 7.20. The summed E-state index contributed by atoms with van der Waals surface area (Å²) in [6.45, 7) is 0. The van der Waals surface area contributed by atoms with Gasteiger partial charge in [0.1, 0.15) is 5.01 Å². The zero-order valence-electron chi connectivity index (χ0n) is 12.5. The predicted molar refractivity (Wildman–Crippen MR) is 96.2 cm³/mol. The first-order chi connectivity index (χ1) is 11.3. The van der Waals surface area contributed by atoms with Gasteiger partial charge in [0, 0.05) is 11.1 Å². The maximum atomic E-state index is 12.2. The average molecular weight is 340 g/mol. The van der Waals surface area contributed by atoms with Gasteiger partial charge in [-0.2, -0.15) is 0 Å². The van der Waals surface area contributed by atoms with Crippen molar-refractivity contribution in [3.05, 3.63) is 57.9 Å². The Morgan fingerprint density at radius 3 is 2.96 bits per heavy atom. The SMILES string of the molecule is O=C(Cc1csc(-c2cccs2)n1)Nc1ccc2c(c1)CCC2. The zero-order chi connectivity index (χ0) is 15.6. The summed E-state index contributed by atoms with van der Waals surface area (Å²) in [6.07, 6.45) is 3.82. The minimum atomic E-state index is -0.00836. The fourth-order valence-electron chi connectivity index (χ4n) is 2.92. The molecule has 1 aliphatic carbocycles. The van der Waals surface area contributed by atoms with Crippen molar-refractivity contribution in [3.63, 3.8) is 0 Å². The number of nitrogens with one attached hydrogen (secondary N) is 1. The first-order valence-electron chi connectivity index (χ1n) is 7.68. The van der Waals surface area contributed by atoms with Gasteiger partial charge in [0.15, 0.2) is 0 Å². The van der Waals surface area contributed by atoms with Crippen LogP contribution in [-0.2, 0) is 24.1 Å². The molecule has 1 N–H and O–H groups in total. The van der Waals surface area contributed by atoms with Crippen LogP contribution in [0.2, 0.25) is 0 Å². The molecule has 3 aromatic rings. The van der Waals surface area contributed by atoms with E-state index in [2.05, 4.69) is 28.5 Å². The molecule has 0 aliphatic heterocycles. The monoisotopic (exact) mass is 340 g/mol. The number of thiophene rings is 1. The van der Waals surface area contributed by atoms with E-state index in [0.29, 0.717) is 6.42 Å². The van der Waals surface area contributed by atoms with Crippen molar-refractivity contribution in [2.75, 3.05) is 5.32 Å². The van der Waals surface area contributed by atoms with Gasteiger partial charge in [-0.15, -0.1) is 22.7 Å². The van der Waals surface area contributed by atoms with Crippen molar-refractivity contribution < 1.29 is 4.79 Å². The number of rotatable bonds is 4. The number of fused-ring (bicyclic) bond motifs is 1. The van der Waals surface area contributed by atoms with Crippen LogP contribution in [0.25, 0.3) is 9.88 Å². The van der Waals surface area contributed by atoms with Crippen LogP contribution in [0.1, 0.15) is 23.2 Å². The molecule has 4 rings (SSSR count). The molecule has 1 aromatic carbocycles. The summed E-state index contributed by atoms with van der Waals surface area (Å²) in [5.41, 5.74) is 4.51. The summed E-state index contributed by atoms with van der Waals surface area (Å²) in [4.78, 5) is 17.9. The Hall–Kier alpha value is -1.98. The van der Waals surface area contributed by atoms with Crippen molar-refractivity contribution in [1.82, 2.24) is 4.98 Å². The van der Waals surface area contributed by atoms with E-state index < -0.39 is 0 Å². The third-order valence-corrected chi connectivity index (χ3v) is 5.94. The molecule has 0 atom stereocenters. The Bertz CT molecular complexity index is 837. The van der Waals surface area contributed by atoms with Gasteiger partial charge in [-0.1, -0.05) is 12.1 Å². The van der Waals surface area contributed by atoms with E-state index in [4.69, 9.17) is 0 Å². The molecule has 0 saturated heterocycles. The molecule has 5 heteroatoms. The van der Waals surface area contributed by atoms with Gasteiger partial charge in [0.25, 0.3) is 0 Å². The van der Waals surface area contributed by atoms with Crippen LogP contribution in [0.4, 0.5) is 5.69 Å². The van der Waals surface area contributed by atoms with E-state index in [1.54, 1.807) is 22.7 Å². The number of nitrogens with zero attached hydrogens (tertiary/aromatic N) is 1. The number of hydrogen-bond donors (Lipinski definition) is 1. The Kier molecular flexibility index (Phi) is 3.97. The van der Waals surface area contributed by atoms with Crippen LogP contribution in [0, 0.1) is 0 Å². The minimum Gasteiger partial charge on any atom is -0.326 e. The molecule has 0 fully saturated rings. The minimum absolute atomic E-state index is 0.00836. The smallest absolute Gasteiger partial charge is 0.230 e. The summed E-state index contributed by atoms with van der Waals surface area (Å²) in [5.74, 6) is -0.00836. The summed E-state index contributed by atoms with van der Waals surface area (Å²) < 4.78 is 0. The van der Waals surface area contributed by atoms with Gasteiger partial charge in [0.2, 0.25) is 5.91 Å². The van der Waals surface area contributed by atoms with Crippen LogP contribution >= 0.6 is 22.7 Å². The Morgan fingerprint density at radius 2 is 2.09 bits per heavy atom. The second-order valence-corrected chi connectivity index (χ2v) is 7.49. The highest BCUT2D eigenvalue weighted by atomic mass is 32.1. The number of benzene rings is 1. The Morgan fingerprint density at radius 1 is 1.17 bits per heavy atom. The van der Waals surface area contributed by atoms with Crippen LogP contribution in [-0.4, -0.2) is 10.9 Å². The van der Waals surface area contributed by atoms with Crippen LogP contribution in [0.3, 0.4) is 0 Å². The van der Waals surface area contributed by atoms with Gasteiger partial charge in [0.05, 0.1) is 17.0 Å². The lowest BCUT2D eigenvalue weighted by Crippen LogP contribution is -2.14. The third kappa shape index (κ3) is 3.21. The number of amides is 1. The van der Waals surface area contributed by atoms with E-state index in [1.165, 1.54) is 17.5 Å². The third-order valence-electron chi connectivity index (χ3n) is 4.01. The molecule has 23 heavy (non-hydrogen) atoms. The highest BCUT2D eigenvalue weighted by Gasteiger charge is 2.13. The van der Waals surface area contributed by atoms with Crippen LogP contribution in [0.5, 0.6) is 0 Å². The van der Waals surface area contributed by atoms with E-state index in [-0.39, 0.29) is 5.91 Å². The molecular formula is C18H16N2OS2. The molecule has 2 heterocycles. The number of thiazole rings is 1. The standard InChI is InChI=1S/C18H16N2OS2/c21-17(19-14-7-6-12-3-1-4-13(12)9-14)10-15-11-23-18(20-15)16-5-2-8-22-16/h2,5-9,11H,1,3-4,10H2,(H,19,21). The fraction of sp³-hybridized carbons (Fsp3) is 0.222. The van der Waals surface area contributed by atoms with Crippen molar-refractivity contribution in [2.45, 2.75) is 25.7 Å². The number of carbonyl (C=O) groups excluding carboxylic acids is 1. The molecule has 2 aromatic heterocycles. The lowest BCUT2D eigenvalue weighted by molar-refractivity contribution is -0.115.